The van der Waals surface area contributed by atoms with E-state index in [1.165, 1.54) is 122 Å². The maximum absolute atomic E-state index is 12.6. The van der Waals surface area contributed by atoms with Gasteiger partial charge in [-0.15, -0.1) is 0 Å². The van der Waals surface area contributed by atoms with Crippen LogP contribution >= 0.6 is 0 Å². The molecule has 0 fully saturated rings. The number of allylic oxidation sites excluding steroid dienone is 6. The highest BCUT2D eigenvalue weighted by Gasteiger charge is 2.17. The first-order valence-electron chi connectivity index (χ1n) is 21.5. The third-order valence-electron chi connectivity index (χ3n) is 9.13. The SMILES string of the molecule is CCC/C=C\C/C=C\CCCCCCCC(=O)OCC(COCCCCCCCC/C=C\CCCC)OC(=O)CCCCCCCCCCC. The number of rotatable bonds is 39. The van der Waals surface area contributed by atoms with Gasteiger partial charge < -0.3 is 14.2 Å². The molecule has 0 bridgehead atoms. The van der Waals surface area contributed by atoms with E-state index in [-0.39, 0.29) is 25.2 Å². The number of unbranched alkanes of at least 4 members (excludes halogenated alkanes) is 22. The second-order valence-corrected chi connectivity index (χ2v) is 14.2. The fourth-order valence-corrected chi connectivity index (χ4v) is 5.88. The largest absolute Gasteiger partial charge is 0.462 e. The molecule has 5 nitrogen and oxygen atoms in total. The molecule has 0 saturated heterocycles. The van der Waals surface area contributed by atoms with E-state index in [1.54, 1.807) is 0 Å². The van der Waals surface area contributed by atoms with Crippen molar-refractivity contribution < 1.29 is 23.8 Å². The van der Waals surface area contributed by atoms with Crippen molar-refractivity contribution in [1.82, 2.24) is 0 Å². The highest BCUT2D eigenvalue weighted by atomic mass is 16.6. The monoisotopic (exact) mass is 703 g/mol. The van der Waals surface area contributed by atoms with Crippen LogP contribution in [0.1, 0.15) is 213 Å². The predicted molar refractivity (Wildman–Crippen MR) is 215 cm³/mol. The van der Waals surface area contributed by atoms with Crippen LogP contribution in [0.5, 0.6) is 0 Å². The first kappa shape index (κ1) is 48.1. The summed E-state index contributed by atoms with van der Waals surface area (Å²) in [5.41, 5.74) is 0. The third kappa shape index (κ3) is 38.9. The lowest BCUT2D eigenvalue weighted by molar-refractivity contribution is -0.163. The van der Waals surface area contributed by atoms with Crippen molar-refractivity contribution in [1.29, 1.82) is 0 Å². The van der Waals surface area contributed by atoms with Gasteiger partial charge in [-0.25, -0.2) is 0 Å². The summed E-state index contributed by atoms with van der Waals surface area (Å²) in [5.74, 6) is -0.416. The molecule has 50 heavy (non-hydrogen) atoms. The van der Waals surface area contributed by atoms with Crippen molar-refractivity contribution in [3.05, 3.63) is 36.5 Å². The second kappa shape index (κ2) is 41.5. The number of hydrogen-bond acceptors (Lipinski definition) is 5. The first-order valence-corrected chi connectivity index (χ1v) is 21.5. The lowest BCUT2D eigenvalue weighted by Gasteiger charge is -2.18. The number of esters is 2. The quantitative estimate of drug-likeness (QED) is 0.0362. The number of carbonyl (C=O) groups is 2. The number of carbonyl (C=O) groups excluding carboxylic acids is 2. The van der Waals surface area contributed by atoms with Gasteiger partial charge in [0.05, 0.1) is 6.61 Å². The summed E-state index contributed by atoms with van der Waals surface area (Å²) in [6.07, 6.45) is 47.1. The van der Waals surface area contributed by atoms with Gasteiger partial charge in [-0.2, -0.15) is 0 Å². The van der Waals surface area contributed by atoms with Gasteiger partial charge in [-0.3, -0.25) is 9.59 Å². The van der Waals surface area contributed by atoms with Crippen LogP contribution in [0.15, 0.2) is 36.5 Å². The van der Waals surface area contributed by atoms with E-state index in [1.807, 2.05) is 0 Å². The summed E-state index contributed by atoms with van der Waals surface area (Å²) in [6, 6.07) is 0. The van der Waals surface area contributed by atoms with Crippen molar-refractivity contribution in [3.8, 4) is 0 Å². The Morgan fingerprint density at radius 2 is 0.900 bits per heavy atom. The van der Waals surface area contributed by atoms with E-state index in [9.17, 15) is 9.59 Å². The maximum Gasteiger partial charge on any atom is 0.306 e. The van der Waals surface area contributed by atoms with E-state index in [0.717, 1.165) is 57.8 Å². The smallest absolute Gasteiger partial charge is 0.306 e. The molecule has 0 aliphatic heterocycles. The summed E-state index contributed by atoms with van der Waals surface area (Å²) in [7, 11) is 0. The molecule has 0 aliphatic rings. The Morgan fingerprint density at radius 3 is 1.48 bits per heavy atom. The first-order chi connectivity index (χ1) is 24.6. The molecule has 0 rings (SSSR count). The van der Waals surface area contributed by atoms with Gasteiger partial charge >= 0.3 is 11.9 Å². The van der Waals surface area contributed by atoms with Crippen molar-refractivity contribution >= 4 is 11.9 Å². The van der Waals surface area contributed by atoms with Crippen LogP contribution in [-0.2, 0) is 23.8 Å². The molecule has 0 spiro atoms. The normalized spacial score (nSPS) is 12.5. The van der Waals surface area contributed by atoms with Crippen LogP contribution in [0.25, 0.3) is 0 Å². The van der Waals surface area contributed by atoms with E-state index in [2.05, 4.69) is 57.2 Å². The fourth-order valence-electron chi connectivity index (χ4n) is 5.88. The molecule has 5 heteroatoms. The fraction of sp³-hybridized carbons (Fsp3) is 0.822. The minimum absolute atomic E-state index is 0.0786. The van der Waals surface area contributed by atoms with E-state index in [4.69, 9.17) is 14.2 Å². The van der Waals surface area contributed by atoms with Gasteiger partial charge in [0, 0.05) is 19.4 Å². The van der Waals surface area contributed by atoms with E-state index >= 15 is 0 Å². The predicted octanol–water partition coefficient (Wildman–Crippen LogP) is 13.9. The third-order valence-corrected chi connectivity index (χ3v) is 9.13. The molecule has 0 aliphatic carbocycles. The number of ether oxygens (including phenoxy) is 3. The zero-order chi connectivity index (χ0) is 36.4. The van der Waals surface area contributed by atoms with Crippen molar-refractivity contribution in [2.24, 2.45) is 0 Å². The molecule has 0 N–H and O–H groups in total. The van der Waals surface area contributed by atoms with Crippen molar-refractivity contribution in [3.63, 3.8) is 0 Å². The minimum atomic E-state index is -0.536. The molecule has 1 atom stereocenters. The van der Waals surface area contributed by atoms with Gasteiger partial charge in [0.25, 0.3) is 0 Å². The van der Waals surface area contributed by atoms with E-state index < -0.39 is 6.10 Å². The topological polar surface area (TPSA) is 61.8 Å². The summed E-state index contributed by atoms with van der Waals surface area (Å²) in [4.78, 5) is 25.1. The van der Waals surface area contributed by atoms with Gasteiger partial charge in [-0.1, -0.05) is 173 Å². The molecular formula is C45H82O5. The van der Waals surface area contributed by atoms with Crippen LogP contribution in [0.2, 0.25) is 0 Å². The van der Waals surface area contributed by atoms with E-state index in [0.29, 0.717) is 19.4 Å². The zero-order valence-corrected chi connectivity index (χ0v) is 33.4. The van der Waals surface area contributed by atoms with Gasteiger partial charge in [0.2, 0.25) is 0 Å². The standard InChI is InChI=1S/C45H82O5/c1-4-7-10-13-16-19-21-23-24-27-29-32-35-38-44(46)49-42-43(50-45(47)39-36-33-30-26-18-15-12-9-6-3)41-48-40-37-34-31-28-25-22-20-17-14-11-8-5-2/h10,13-14,17,19,21,43H,4-9,11-12,15-16,18,20,22-42H2,1-3H3/b13-10-,17-14-,21-19-. The van der Waals surface area contributed by atoms with Crippen LogP contribution in [0.4, 0.5) is 0 Å². The molecule has 0 aromatic rings. The van der Waals surface area contributed by atoms with Crippen LogP contribution in [-0.4, -0.2) is 37.9 Å². The van der Waals surface area contributed by atoms with Crippen LogP contribution in [0.3, 0.4) is 0 Å². The second-order valence-electron chi connectivity index (χ2n) is 14.2. The Morgan fingerprint density at radius 1 is 0.440 bits per heavy atom. The zero-order valence-electron chi connectivity index (χ0n) is 33.4. The molecule has 0 radical (unpaired) electrons. The van der Waals surface area contributed by atoms with Crippen LogP contribution < -0.4 is 0 Å². The van der Waals surface area contributed by atoms with Crippen LogP contribution in [0, 0.1) is 0 Å². The minimum Gasteiger partial charge on any atom is -0.462 e. The average Bonchev–Trinajstić information content (AvgIpc) is 3.11. The Balaban J connectivity index is 4.24. The highest BCUT2D eigenvalue weighted by Crippen LogP contribution is 2.13. The van der Waals surface area contributed by atoms with Gasteiger partial charge in [0.15, 0.2) is 6.10 Å². The van der Waals surface area contributed by atoms with Crippen molar-refractivity contribution in [2.45, 2.75) is 219 Å². The van der Waals surface area contributed by atoms with Crippen molar-refractivity contribution in [2.75, 3.05) is 19.8 Å². The Bertz CT molecular complexity index is 801. The molecule has 0 heterocycles. The molecule has 292 valence electrons. The summed E-state index contributed by atoms with van der Waals surface area (Å²) in [6.45, 7) is 7.69. The Hall–Kier alpha value is -1.88. The summed E-state index contributed by atoms with van der Waals surface area (Å²) >= 11 is 0. The van der Waals surface area contributed by atoms with Gasteiger partial charge in [-0.05, 0) is 64.2 Å². The molecule has 0 saturated carbocycles. The summed E-state index contributed by atoms with van der Waals surface area (Å²) in [5, 5.41) is 0. The molecular weight excluding hydrogens is 620 g/mol. The Kier molecular flexibility index (Phi) is 40.0. The van der Waals surface area contributed by atoms with Gasteiger partial charge in [0.1, 0.15) is 6.61 Å². The lowest BCUT2D eigenvalue weighted by Crippen LogP contribution is -2.30. The Labute approximate surface area is 310 Å². The molecule has 1 unspecified atom stereocenters. The summed E-state index contributed by atoms with van der Waals surface area (Å²) < 4.78 is 17.2. The highest BCUT2D eigenvalue weighted by molar-refractivity contribution is 5.70. The maximum atomic E-state index is 12.6. The molecule has 0 amide bonds. The average molecular weight is 703 g/mol. The number of hydrogen-bond donors (Lipinski definition) is 0. The molecule has 0 aromatic heterocycles. The lowest BCUT2D eigenvalue weighted by atomic mass is 10.1. The molecule has 0 aromatic carbocycles.